The number of hydrogen-bond donors (Lipinski definition) is 1. The van der Waals surface area contributed by atoms with E-state index in [0.717, 1.165) is 17.0 Å². The molecule has 1 atom stereocenters. The van der Waals surface area contributed by atoms with E-state index in [0.29, 0.717) is 17.3 Å². The van der Waals surface area contributed by atoms with Gasteiger partial charge in [0.2, 0.25) is 15.9 Å². The molecule has 1 N–H and O–H groups in total. The van der Waals surface area contributed by atoms with E-state index in [2.05, 4.69) is 5.32 Å². The monoisotopic (exact) mass is 348 g/mol. The van der Waals surface area contributed by atoms with Gasteiger partial charge in [-0.15, -0.1) is 0 Å². The Hall–Kier alpha value is -1.47. The number of ether oxygens (including phenoxy) is 1. The highest BCUT2D eigenvalue weighted by molar-refractivity contribution is 7.92. The van der Waals surface area contributed by atoms with Crippen molar-refractivity contribution in [2.75, 3.05) is 24.2 Å². The minimum atomic E-state index is -3.70. The van der Waals surface area contributed by atoms with Crippen molar-refractivity contribution in [2.45, 2.75) is 26.3 Å². The predicted octanol–water partition coefficient (Wildman–Crippen LogP) is 2.03. The molecule has 0 saturated heterocycles. The molecular weight excluding hydrogens is 328 g/mol. The zero-order chi connectivity index (χ0) is 16.9. The molecule has 0 heterocycles. The van der Waals surface area contributed by atoms with E-state index >= 15 is 0 Å². The third kappa shape index (κ3) is 4.51. The maximum atomic E-state index is 12.2. The van der Waals surface area contributed by atoms with E-state index in [9.17, 15) is 13.2 Å². The molecular formula is C14H21ClN2O4S. The second-order valence-corrected chi connectivity index (χ2v) is 7.14. The number of carbonyl (C=O) groups excluding carboxylic acids is 1. The van der Waals surface area contributed by atoms with E-state index in [-0.39, 0.29) is 11.6 Å². The molecule has 0 spiro atoms. The van der Waals surface area contributed by atoms with Crippen LogP contribution in [0.15, 0.2) is 18.2 Å². The van der Waals surface area contributed by atoms with Crippen molar-refractivity contribution in [1.29, 1.82) is 0 Å². The summed E-state index contributed by atoms with van der Waals surface area (Å²) in [6.07, 6.45) is 1.80. The SMILES string of the molecule is CCCNC(=O)C(C)N(c1cc(Cl)ccc1OC)S(C)(=O)=O. The number of benzene rings is 1. The first-order chi connectivity index (χ1) is 10.2. The number of halogens is 1. The lowest BCUT2D eigenvalue weighted by molar-refractivity contribution is -0.121. The van der Waals surface area contributed by atoms with E-state index in [4.69, 9.17) is 16.3 Å². The molecule has 0 saturated carbocycles. The predicted molar refractivity (Wildman–Crippen MR) is 88.1 cm³/mol. The van der Waals surface area contributed by atoms with Gasteiger partial charge in [-0.05, 0) is 31.5 Å². The molecule has 0 bridgehead atoms. The Morgan fingerprint density at radius 3 is 2.59 bits per heavy atom. The van der Waals surface area contributed by atoms with Gasteiger partial charge in [-0.25, -0.2) is 8.42 Å². The Kier molecular flexibility index (Phi) is 6.49. The topological polar surface area (TPSA) is 75.7 Å². The number of nitrogens with one attached hydrogen (secondary N) is 1. The van der Waals surface area contributed by atoms with E-state index in [1.54, 1.807) is 12.1 Å². The van der Waals surface area contributed by atoms with Crippen LogP contribution in [-0.2, 0) is 14.8 Å². The highest BCUT2D eigenvalue weighted by Gasteiger charge is 2.31. The van der Waals surface area contributed by atoms with Crippen LogP contribution in [0.4, 0.5) is 5.69 Å². The molecule has 6 nitrogen and oxygen atoms in total. The zero-order valence-corrected chi connectivity index (χ0v) is 14.7. The summed E-state index contributed by atoms with van der Waals surface area (Å²) in [5.74, 6) is -0.0562. The van der Waals surface area contributed by atoms with E-state index in [1.165, 1.54) is 20.1 Å². The number of anilines is 1. The summed E-state index contributed by atoms with van der Waals surface area (Å²) >= 11 is 5.96. The molecule has 124 valence electrons. The fraction of sp³-hybridized carbons (Fsp3) is 0.500. The van der Waals surface area contributed by atoms with Crippen molar-refractivity contribution in [1.82, 2.24) is 5.32 Å². The second-order valence-electron chi connectivity index (χ2n) is 4.84. The lowest BCUT2D eigenvalue weighted by atomic mass is 10.2. The number of nitrogens with zero attached hydrogens (tertiary/aromatic N) is 1. The highest BCUT2D eigenvalue weighted by atomic mass is 35.5. The molecule has 1 amide bonds. The number of carbonyl (C=O) groups is 1. The van der Waals surface area contributed by atoms with Crippen molar-refractivity contribution in [2.24, 2.45) is 0 Å². The Labute approximate surface area is 136 Å². The Bertz CT molecular complexity index is 634. The number of sulfonamides is 1. The minimum absolute atomic E-state index is 0.233. The summed E-state index contributed by atoms with van der Waals surface area (Å²) in [5, 5.41) is 3.04. The Morgan fingerprint density at radius 2 is 2.09 bits per heavy atom. The molecule has 1 aromatic rings. The van der Waals surface area contributed by atoms with Gasteiger partial charge in [0.05, 0.1) is 19.1 Å². The summed E-state index contributed by atoms with van der Waals surface area (Å²) in [7, 11) is -2.28. The van der Waals surface area contributed by atoms with Crippen LogP contribution in [0.25, 0.3) is 0 Å². The molecule has 0 aromatic heterocycles. The number of hydrogen-bond acceptors (Lipinski definition) is 4. The fourth-order valence-electron chi connectivity index (χ4n) is 2.01. The largest absolute Gasteiger partial charge is 0.495 e. The van der Waals surface area contributed by atoms with Crippen molar-refractivity contribution < 1.29 is 17.9 Å². The molecule has 0 aliphatic heterocycles. The highest BCUT2D eigenvalue weighted by Crippen LogP contribution is 2.34. The van der Waals surface area contributed by atoms with Gasteiger partial charge in [0.1, 0.15) is 11.8 Å². The normalized spacial score (nSPS) is 12.6. The van der Waals surface area contributed by atoms with Crippen molar-refractivity contribution in [3.63, 3.8) is 0 Å². The van der Waals surface area contributed by atoms with Gasteiger partial charge in [0.25, 0.3) is 0 Å². The van der Waals surface area contributed by atoms with Crippen LogP contribution in [0.1, 0.15) is 20.3 Å². The maximum Gasteiger partial charge on any atom is 0.243 e. The molecule has 1 aromatic carbocycles. The number of amides is 1. The molecule has 0 fully saturated rings. The first-order valence-corrected chi connectivity index (χ1v) is 9.05. The van der Waals surface area contributed by atoms with Gasteiger partial charge in [-0.2, -0.15) is 0 Å². The van der Waals surface area contributed by atoms with Gasteiger partial charge in [-0.3, -0.25) is 9.10 Å². The summed E-state index contributed by atoms with van der Waals surface area (Å²) in [4.78, 5) is 12.2. The fourth-order valence-corrected chi connectivity index (χ4v) is 3.35. The van der Waals surface area contributed by atoms with Crippen molar-refractivity contribution in [3.8, 4) is 5.75 Å². The third-order valence-corrected chi connectivity index (χ3v) is 4.48. The number of rotatable bonds is 7. The first kappa shape index (κ1) is 18.6. The van der Waals surface area contributed by atoms with Crippen LogP contribution in [0.2, 0.25) is 5.02 Å². The molecule has 0 radical (unpaired) electrons. The van der Waals surface area contributed by atoms with Crippen LogP contribution in [-0.4, -0.2) is 40.3 Å². The molecule has 0 aliphatic carbocycles. The molecule has 0 aliphatic rings. The van der Waals surface area contributed by atoms with Gasteiger partial charge in [0, 0.05) is 11.6 Å². The quantitative estimate of drug-likeness (QED) is 0.818. The van der Waals surface area contributed by atoms with Crippen LogP contribution >= 0.6 is 11.6 Å². The van der Waals surface area contributed by atoms with E-state index < -0.39 is 16.1 Å². The Balaban J connectivity index is 3.31. The molecule has 22 heavy (non-hydrogen) atoms. The lowest BCUT2D eigenvalue weighted by Gasteiger charge is -2.29. The summed E-state index contributed by atoms with van der Waals surface area (Å²) in [6, 6.07) is 3.69. The maximum absolute atomic E-state index is 12.2. The zero-order valence-electron chi connectivity index (χ0n) is 13.1. The standard InChI is InChI=1S/C14H21ClN2O4S/c1-5-8-16-14(18)10(2)17(22(4,19)20)12-9-11(15)6-7-13(12)21-3/h6-7,9-10H,5,8H2,1-4H3,(H,16,18). The van der Waals surface area contributed by atoms with Crippen molar-refractivity contribution in [3.05, 3.63) is 23.2 Å². The second kappa shape index (κ2) is 7.69. The first-order valence-electron chi connectivity index (χ1n) is 6.83. The van der Waals surface area contributed by atoms with Gasteiger partial charge in [-0.1, -0.05) is 18.5 Å². The summed E-state index contributed by atoms with van der Waals surface area (Å²) < 4.78 is 30.6. The van der Waals surface area contributed by atoms with Gasteiger partial charge < -0.3 is 10.1 Å². The summed E-state index contributed by atoms with van der Waals surface area (Å²) in [5.41, 5.74) is 0.233. The summed E-state index contributed by atoms with van der Waals surface area (Å²) in [6.45, 7) is 3.92. The van der Waals surface area contributed by atoms with Crippen LogP contribution in [0.3, 0.4) is 0 Å². The average Bonchev–Trinajstić information content (AvgIpc) is 2.43. The van der Waals surface area contributed by atoms with E-state index in [1.807, 2.05) is 6.92 Å². The van der Waals surface area contributed by atoms with Crippen LogP contribution in [0.5, 0.6) is 5.75 Å². The molecule has 1 unspecified atom stereocenters. The van der Waals surface area contributed by atoms with Crippen LogP contribution in [0, 0.1) is 0 Å². The number of methoxy groups -OCH3 is 1. The van der Waals surface area contributed by atoms with Gasteiger partial charge >= 0.3 is 0 Å². The average molecular weight is 349 g/mol. The lowest BCUT2D eigenvalue weighted by Crippen LogP contribution is -2.48. The Morgan fingerprint density at radius 1 is 1.45 bits per heavy atom. The molecule has 1 rings (SSSR count). The van der Waals surface area contributed by atoms with Crippen LogP contribution < -0.4 is 14.4 Å². The third-order valence-electron chi connectivity index (χ3n) is 3.02. The van der Waals surface area contributed by atoms with Gasteiger partial charge in [0.15, 0.2) is 0 Å². The van der Waals surface area contributed by atoms with Crippen molar-refractivity contribution >= 4 is 33.2 Å². The molecule has 8 heteroatoms. The minimum Gasteiger partial charge on any atom is -0.495 e. The smallest absolute Gasteiger partial charge is 0.243 e.